The molecular weight excluding hydrogens is 364 g/mol. The Morgan fingerprint density at radius 2 is 1.66 bits per heavy atom. The van der Waals surface area contributed by atoms with Crippen LogP contribution in [0.25, 0.3) is 0 Å². The molecule has 2 heterocycles. The molecule has 0 radical (unpaired) electrons. The second kappa shape index (κ2) is 7.24. The lowest BCUT2D eigenvalue weighted by Gasteiger charge is -2.13. The number of aromatic nitrogens is 2. The van der Waals surface area contributed by atoms with Crippen molar-refractivity contribution in [3.8, 4) is 5.75 Å². The van der Waals surface area contributed by atoms with Gasteiger partial charge in [0.2, 0.25) is 0 Å². The van der Waals surface area contributed by atoms with Gasteiger partial charge in [-0.1, -0.05) is 36.4 Å². The number of rotatable bonds is 4. The zero-order valence-corrected chi connectivity index (χ0v) is 15.4. The molecule has 0 bridgehead atoms. The van der Waals surface area contributed by atoms with Gasteiger partial charge in [-0.05, 0) is 42.5 Å². The molecule has 29 heavy (non-hydrogen) atoms. The molecule has 0 fully saturated rings. The maximum Gasteiger partial charge on any atom is 0.255 e. The zero-order chi connectivity index (χ0) is 19.6. The van der Waals surface area contributed by atoms with E-state index >= 15 is 0 Å². The molecule has 142 valence electrons. The van der Waals surface area contributed by atoms with Crippen molar-refractivity contribution in [2.75, 3.05) is 10.6 Å². The van der Waals surface area contributed by atoms with Gasteiger partial charge in [-0.15, -0.1) is 0 Å². The first kappa shape index (κ1) is 17.2. The first-order chi connectivity index (χ1) is 14.3. The van der Waals surface area contributed by atoms with Crippen molar-refractivity contribution in [1.29, 1.82) is 0 Å². The molecule has 1 amide bonds. The molecule has 0 saturated heterocycles. The molecular formula is C23H18N4O2. The fourth-order valence-corrected chi connectivity index (χ4v) is 3.48. The van der Waals surface area contributed by atoms with Gasteiger partial charge in [0.05, 0.1) is 11.6 Å². The summed E-state index contributed by atoms with van der Waals surface area (Å²) in [6.45, 7) is 0. The summed E-state index contributed by atoms with van der Waals surface area (Å²) in [5.74, 6) is 1.29. The number of nitrogens with zero attached hydrogens (tertiary/aromatic N) is 2. The Kier molecular flexibility index (Phi) is 4.29. The highest BCUT2D eigenvalue weighted by atomic mass is 16.5. The van der Waals surface area contributed by atoms with E-state index in [1.54, 1.807) is 18.5 Å². The number of carbonyl (C=O) groups excluding carboxylic acids is 1. The summed E-state index contributed by atoms with van der Waals surface area (Å²) < 4.78 is 6.06. The van der Waals surface area contributed by atoms with Gasteiger partial charge in [0.25, 0.3) is 5.91 Å². The first-order valence-corrected chi connectivity index (χ1v) is 9.38. The summed E-state index contributed by atoms with van der Waals surface area (Å²) in [6.07, 6.45) is 9.63. The number of hydrogen-bond acceptors (Lipinski definition) is 5. The van der Waals surface area contributed by atoms with Crippen LogP contribution in [0.5, 0.6) is 5.75 Å². The Morgan fingerprint density at radius 1 is 0.897 bits per heavy atom. The van der Waals surface area contributed by atoms with Gasteiger partial charge in [-0.2, -0.15) is 0 Å². The van der Waals surface area contributed by atoms with Crippen LogP contribution in [0.4, 0.5) is 17.2 Å². The molecule has 5 rings (SSSR count). The summed E-state index contributed by atoms with van der Waals surface area (Å²) in [7, 11) is 0. The number of allylic oxidation sites excluding steroid dienone is 2. The smallest absolute Gasteiger partial charge is 0.255 e. The van der Waals surface area contributed by atoms with Gasteiger partial charge < -0.3 is 15.4 Å². The van der Waals surface area contributed by atoms with Crippen LogP contribution in [-0.4, -0.2) is 22.0 Å². The van der Waals surface area contributed by atoms with E-state index in [0.29, 0.717) is 17.1 Å². The lowest BCUT2D eigenvalue weighted by molar-refractivity contribution is 0.102. The highest BCUT2D eigenvalue weighted by Crippen LogP contribution is 2.43. The SMILES string of the molecule is O=C(Nc1ccc(Nc2ncnc3c2OC2C=CC=CC32)cc1)c1ccccc1. The maximum absolute atomic E-state index is 12.3. The highest BCUT2D eigenvalue weighted by molar-refractivity contribution is 6.04. The van der Waals surface area contributed by atoms with Crippen LogP contribution in [0.2, 0.25) is 0 Å². The number of nitrogens with one attached hydrogen (secondary N) is 2. The molecule has 1 aromatic heterocycles. The van der Waals surface area contributed by atoms with Crippen molar-refractivity contribution < 1.29 is 9.53 Å². The minimum atomic E-state index is -0.142. The molecule has 2 aliphatic rings. The molecule has 2 aromatic carbocycles. The molecule has 6 nitrogen and oxygen atoms in total. The van der Waals surface area contributed by atoms with E-state index in [1.807, 2.05) is 60.7 Å². The largest absolute Gasteiger partial charge is 0.479 e. The summed E-state index contributed by atoms with van der Waals surface area (Å²) >= 11 is 0. The van der Waals surface area contributed by atoms with Crippen molar-refractivity contribution in [2.24, 2.45) is 0 Å². The summed E-state index contributed by atoms with van der Waals surface area (Å²) in [5, 5.41) is 6.18. The molecule has 2 unspecified atom stereocenters. The van der Waals surface area contributed by atoms with Gasteiger partial charge in [-0.3, -0.25) is 4.79 Å². The quantitative estimate of drug-likeness (QED) is 0.697. The van der Waals surface area contributed by atoms with Gasteiger partial charge >= 0.3 is 0 Å². The van der Waals surface area contributed by atoms with Gasteiger partial charge in [-0.25, -0.2) is 9.97 Å². The summed E-state index contributed by atoms with van der Waals surface area (Å²) in [4.78, 5) is 21.0. The summed E-state index contributed by atoms with van der Waals surface area (Å²) in [6, 6.07) is 16.6. The Bertz CT molecular complexity index is 1110. The third-order valence-corrected chi connectivity index (χ3v) is 4.93. The van der Waals surface area contributed by atoms with Gasteiger partial charge in [0.1, 0.15) is 12.4 Å². The third-order valence-electron chi connectivity index (χ3n) is 4.93. The lowest BCUT2D eigenvalue weighted by atomic mass is 9.96. The van der Waals surface area contributed by atoms with E-state index in [-0.39, 0.29) is 17.9 Å². The fraction of sp³-hybridized carbons (Fsp3) is 0.0870. The van der Waals surface area contributed by atoms with E-state index < -0.39 is 0 Å². The van der Waals surface area contributed by atoms with Crippen LogP contribution in [0, 0.1) is 0 Å². The monoisotopic (exact) mass is 382 g/mol. The van der Waals surface area contributed by atoms with E-state index in [0.717, 1.165) is 17.1 Å². The highest BCUT2D eigenvalue weighted by Gasteiger charge is 2.35. The molecule has 3 aromatic rings. The molecule has 0 saturated carbocycles. The van der Waals surface area contributed by atoms with Gasteiger partial charge in [0, 0.05) is 16.9 Å². The minimum absolute atomic E-state index is 0.0391. The molecule has 2 atom stereocenters. The van der Waals surface area contributed by atoms with Crippen molar-refractivity contribution in [3.63, 3.8) is 0 Å². The average Bonchev–Trinajstić information content (AvgIpc) is 3.16. The Morgan fingerprint density at radius 3 is 2.48 bits per heavy atom. The van der Waals surface area contributed by atoms with E-state index in [4.69, 9.17) is 4.74 Å². The first-order valence-electron chi connectivity index (χ1n) is 9.38. The number of fused-ring (bicyclic) bond motifs is 3. The predicted octanol–water partition coefficient (Wildman–Crippen LogP) is 4.44. The third kappa shape index (κ3) is 3.36. The van der Waals surface area contributed by atoms with Crippen molar-refractivity contribution in [1.82, 2.24) is 9.97 Å². The van der Waals surface area contributed by atoms with E-state index in [1.165, 1.54) is 0 Å². The maximum atomic E-state index is 12.3. The Balaban J connectivity index is 1.31. The molecule has 2 N–H and O–H groups in total. The van der Waals surface area contributed by atoms with Crippen LogP contribution in [0.3, 0.4) is 0 Å². The van der Waals surface area contributed by atoms with Crippen molar-refractivity contribution in [2.45, 2.75) is 12.0 Å². The molecule has 1 aliphatic heterocycles. The van der Waals surface area contributed by atoms with Crippen molar-refractivity contribution in [3.05, 3.63) is 96.5 Å². The predicted molar refractivity (Wildman–Crippen MR) is 112 cm³/mol. The number of benzene rings is 2. The molecule has 0 spiro atoms. The van der Waals surface area contributed by atoms with Crippen LogP contribution >= 0.6 is 0 Å². The van der Waals surface area contributed by atoms with Crippen molar-refractivity contribution >= 4 is 23.1 Å². The number of ether oxygens (including phenoxy) is 1. The summed E-state index contributed by atoms with van der Waals surface area (Å²) in [5.41, 5.74) is 3.07. The standard InChI is InChI=1S/C23H18N4O2/c28-23(15-6-2-1-3-7-15)27-17-12-10-16(11-13-17)26-22-21-20(24-14-25-22)18-8-4-5-9-19(18)29-21/h1-14,18-19H,(H,27,28)(H,24,25,26). The number of hydrogen-bond donors (Lipinski definition) is 2. The van der Waals surface area contributed by atoms with Crippen LogP contribution in [0.1, 0.15) is 22.0 Å². The zero-order valence-electron chi connectivity index (χ0n) is 15.4. The van der Waals surface area contributed by atoms with E-state index in [9.17, 15) is 4.79 Å². The Hall–Kier alpha value is -3.93. The Labute approximate surface area is 168 Å². The fourth-order valence-electron chi connectivity index (χ4n) is 3.48. The van der Waals surface area contributed by atoms with E-state index in [2.05, 4.69) is 26.7 Å². The van der Waals surface area contributed by atoms with Gasteiger partial charge in [0.15, 0.2) is 11.6 Å². The minimum Gasteiger partial charge on any atom is -0.479 e. The van der Waals surface area contributed by atoms with Crippen LogP contribution in [-0.2, 0) is 0 Å². The second-order valence-corrected chi connectivity index (χ2v) is 6.84. The number of amides is 1. The molecule has 1 aliphatic carbocycles. The topological polar surface area (TPSA) is 76.1 Å². The van der Waals surface area contributed by atoms with Crippen LogP contribution < -0.4 is 15.4 Å². The second-order valence-electron chi connectivity index (χ2n) is 6.84. The number of anilines is 3. The van der Waals surface area contributed by atoms with Crippen LogP contribution in [0.15, 0.2) is 85.2 Å². The molecule has 6 heteroatoms. The average molecular weight is 382 g/mol. The number of carbonyl (C=O) groups is 1. The normalized spacial score (nSPS) is 18.5. The lowest BCUT2D eigenvalue weighted by Crippen LogP contribution is -2.15.